The highest BCUT2D eigenvalue weighted by molar-refractivity contribution is 5.79. The topological polar surface area (TPSA) is 51.4 Å². The van der Waals surface area contributed by atoms with E-state index in [9.17, 15) is 4.79 Å². The standard InChI is InChI=1S/C21H30N4O/c1-4-12-24-13-10-18(11-14-24)22-21(26)15-20-16(2)23-25(17(20)3)19-8-6-5-7-9-19/h5-9,18H,4,10-15H2,1-3H3,(H,22,26)/p+1. The van der Waals surface area contributed by atoms with E-state index >= 15 is 0 Å². The second-order valence-electron chi connectivity index (χ2n) is 7.42. The van der Waals surface area contributed by atoms with Crippen LogP contribution in [0.2, 0.25) is 0 Å². The number of aromatic nitrogens is 2. The van der Waals surface area contributed by atoms with Gasteiger partial charge in [0.25, 0.3) is 0 Å². The van der Waals surface area contributed by atoms with E-state index in [0.29, 0.717) is 12.5 Å². The van der Waals surface area contributed by atoms with Crippen LogP contribution in [0.1, 0.15) is 43.1 Å². The Kier molecular flexibility index (Phi) is 6.09. The Morgan fingerprint density at radius 1 is 1.23 bits per heavy atom. The zero-order valence-corrected chi connectivity index (χ0v) is 16.2. The molecular weight excluding hydrogens is 324 g/mol. The summed E-state index contributed by atoms with van der Waals surface area (Å²) >= 11 is 0. The summed E-state index contributed by atoms with van der Waals surface area (Å²) in [5.74, 6) is 0.118. The van der Waals surface area contributed by atoms with Crippen LogP contribution in [0.25, 0.3) is 5.69 Å². The van der Waals surface area contributed by atoms with E-state index in [0.717, 1.165) is 35.5 Å². The average molecular weight is 356 g/mol. The molecule has 26 heavy (non-hydrogen) atoms. The summed E-state index contributed by atoms with van der Waals surface area (Å²) in [5, 5.41) is 7.89. The molecule has 1 amide bonds. The Morgan fingerprint density at radius 2 is 1.92 bits per heavy atom. The highest BCUT2D eigenvalue weighted by atomic mass is 16.1. The van der Waals surface area contributed by atoms with E-state index in [2.05, 4.69) is 17.3 Å². The minimum absolute atomic E-state index is 0.118. The number of aryl methyl sites for hydroxylation is 1. The van der Waals surface area contributed by atoms with Crippen molar-refractivity contribution in [2.75, 3.05) is 19.6 Å². The minimum atomic E-state index is 0.118. The van der Waals surface area contributed by atoms with E-state index in [1.807, 2.05) is 48.9 Å². The number of amides is 1. The second-order valence-corrected chi connectivity index (χ2v) is 7.42. The molecule has 1 saturated heterocycles. The van der Waals surface area contributed by atoms with Gasteiger partial charge >= 0.3 is 0 Å². The van der Waals surface area contributed by atoms with Gasteiger partial charge in [-0.3, -0.25) is 4.79 Å². The molecule has 5 nitrogen and oxygen atoms in total. The molecule has 1 fully saturated rings. The fraction of sp³-hybridized carbons (Fsp3) is 0.524. The highest BCUT2D eigenvalue weighted by Crippen LogP contribution is 2.18. The van der Waals surface area contributed by atoms with Crippen LogP contribution in [0.4, 0.5) is 0 Å². The van der Waals surface area contributed by atoms with Crippen LogP contribution in [-0.2, 0) is 11.2 Å². The lowest BCUT2D eigenvalue weighted by Crippen LogP contribution is -3.13. The molecule has 0 aliphatic carbocycles. The van der Waals surface area contributed by atoms with E-state index in [1.165, 1.54) is 26.1 Å². The Hall–Kier alpha value is -2.14. The summed E-state index contributed by atoms with van der Waals surface area (Å²) in [6.07, 6.45) is 3.81. The number of carbonyl (C=O) groups excluding carboxylic acids is 1. The van der Waals surface area contributed by atoms with Crippen molar-refractivity contribution >= 4 is 5.91 Å². The molecule has 1 aromatic heterocycles. The molecule has 0 bridgehead atoms. The number of rotatable bonds is 6. The molecule has 0 saturated carbocycles. The predicted molar refractivity (Wildman–Crippen MR) is 104 cm³/mol. The van der Waals surface area contributed by atoms with Gasteiger partial charge in [0.15, 0.2) is 0 Å². The van der Waals surface area contributed by atoms with Gasteiger partial charge in [0.05, 0.1) is 37.4 Å². The van der Waals surface area contributed by atoms with Crippen LogP contribution in [0.5, 0.6) is 0 Å². The van der Waals surface area contributed by atoms with Crippen molar-refractivity contribution in [3.8, 4) is 5.69 Å². The SMILES string of the molecule is CCC[NH+]1CCC(NC(=O)Cc2c(C)nn(-c3ccccc3)c2C)CC1. The zero-order chi connectivity index (χ0) is 18.5. The van der Waals surface area contributed by atoms with Crippen LogP contribution in [0.15, 0.2) is 30.3 Å². The third-order valence-electron chi connectivity index (χ3n) is 5.44. The molecule has 0 unspecified atom stereocenters. The number of piperidine rings is 1. The Labute approximate surface area is 156 Å². The monoisotopic (exact) mass is 355 g/mol. The van der Waals surface area contributed by atoms with Crippen LogP contribution < -0.4 is 10.2 Å². The lowest BCUT2D eigenvalue weighted by molar-refractivity contribution is -0.905. The van der Waals surface area contributed by atoms with Crippen molar-refractivity contribution in [1.82, 2.24) is 15.1 Å². The molecule has 0 atom stereocenters. The average Bonchev–Trinajstić information content (AvgIpc) is 2.92. The molecular formula is C21H31N4O+. The number of carbonyl (C=O) groups is 1. The Morgan fingerprint density at radius 3 is 2.58 bits per heavy atom. The van der Waals surface area contributed by atoms with Gasteiger partial charge in [-0.1, -0.05) is 25.1 Å². The summed E-state index contributed by atoms with van der Waals surface area (Å²) in [6.45, 7) is 9.86. The van der Waals surface area contributed by atoms with Gasteiger partial charge < -0.3 is 10.2 Å². The molecule has 0 radical (unpaired) electrons. The third kappa shape index (κ3) is 4.33. The number of benzene rings is 1. The summed E-state index contributed by atoms with van der Waals surface area (Å²) in [6, 6.07) is 10.4. The largest absolute Gasteiger partial charge is 0.353 e. The van der Waals surface area contributed by atoms with Gasteiger partial charge in [0.1, 0.15) is 0 Å². The maximum Gasteiger partial charge on any atom is 0.224 e. The second kappa shape index (κ2) is 8.49. The number of para-hydroxylation sites is 1. The first-order chi connectivity index (χ1) is 12.6. The van der Waals surface area contributed by atoms with Crippen molar-refractivity contribution in [2.45, 2.75) is 52.5 Å². The lowest BCUT2D eigenvalue weighted by Gasteiger charge is -2.29. The van der Waals surface area contributed by atoms with Crippen molar-refractivity contribution in [3.63, 3.8) is 0 Å². The third-order valence-corrected chi connectivity index (χ3v) is 5.44. The summed E-state index contributed by atoms with van der Waals surface area (Å²) < 4.78 is 1.94. The van der Waals surface area contributed by atoms with Crippen LogP contribution in [0.3, 0.4) is 0 Å². The first-order valence-electron chi connectivity index (χ1n) is 9.82. The first kappa shape index (κ1) is 18.6. The molecule has 1 aromatic carbocycles. The number of hydrogen-bond acceptors (Lipinski definition) is 2. The van der Waals surface area contributed by atoms with E-state index < -0.39 is 0 Å². The lowest BCUT2D eigenvalue weighted by atomic mass is 10.0. The Balaban J connectivity index is 1.61. The highest BCUT2D eigenvalue weighted by Gasteiger charge is 2.23. The van der Waals surface area contributed by atoms with Crippen molar-refractivity contribution < 1.29 is 9.69 Å². The summed E-state index contributed by atoms with van der Waals surface area (Å²) in [7, 11) is 0. The quantitative estimate of drug-likeness (QED) is 0.827. The van der Waals surface area contributed by atoms with Gasteiger partial charge in [0, 0.05) is 30.1 Å². The molecule has 2 heterocycles. The van der Waals surface area contributed by atoms with E-state index in [-0.39, 0.29) is 5.91 Å². The van der Waals surface area contributed by atoms with Crippen LogP contribution >= 0.6 is 0 Å². The molecule has 2 aromatic rings. The fourth-order valence-electron chi connectivity index (χ4n) is 3.96. The molecule has 3 rings (SSSR count). The maximum atomic E-state index is 12.6. The molecule has 1 aliphatic heterocycles. The van der Waals surface area contributed by atoms with Gasteiger partial charge in [-0.05, 0) is 32.4 Å². The van der Waals surface area contributed by atoms with Gasteiger partial charge in [-0.25, -0.2) is 4.68 Å². The fourth-order valence-corrected chi connectivity index (χ4v) is 3.96. The minimum Gasteiger partial charge on any atom is -0.353 e. The van der Waals surface area contributed by atoms with Crippen LogP contribution in [-0.4, -0.2) is 41.4 Å². The smallest absolute Gasteiger partial charge is 0.224 e. The van der Waals surface area contributed by atoms with Gasteiger partial charge in [-0.2, -0.15) is 5.10 Å². The zero-order valence-electron chi connectivity index (χ0n) is 16.2. The number of likely N-dealkylation sites (tertiary alicyclic amines) is 1. The number of nitrogens with zero attached hydrogens (tertiary/aromatic N) is 2. The van der Waals surface area contributed by atoms with E-state index in [1.54, 1.807) is 4.90 Å². The Bertz CT molecular complexity index is 730. The van der Waals surface area contributed by atoms with Crippen molar-refractivity contribution in [2.24, 2.45) is 0 Å². The molecule has 5 heteroatoms. The summed E-state index contributed by atoms with van der Waals surface area (Å²) in [5.41, 5.74) is 4.06. The molecule has 140 valence electrons. The summed E-state index contributed by atoms with van der Waals surface area (Å²) in [4.78, 5) is 14.3. The number of quaternary nitrogens is 1. The van der Waals surface area contributed by atoms with Gasteiger partial charge in [0.2, 0.25) is 5.91 Å². The predicted octanol–water partition coefficient (Wildman–Crippen LogP) is 1.61. The van der Waals surface area contributed by atoms with E-state index in [4.69, 9.17) is 0 Å². The first-order valence-corrected chi connectivity index (χ1v) is 9.82. The van der Waals surface area contributed by atoms with Crippen LogP contribution in [0, 0.1) is 13.8 Å². The molecule has 1 aliphatic rings. The maximum absolute atomic E-state index is 12.6. The van der Waals surface area contributed by atoms with Crippen molar-refractivity contribution in [1.29, 1.82) is 0 Å². The number of nitrogens with one attached hydrogen (secondary N) is 2. The van der Waals surface area contributed by atoms with Gasteiger partial charge in [-0.15, -0.1) is 0 Å². The normalized spacial score (nSPS) is 20.1. The number of hydrogen-bond donors (Lipinski definition) is 2. The molecule has 0 spiro atoms. The van der Waals surface area contributed by atoms with Crippen molar-refractivity contribution in [3.05, 3.63) is 47.3 Å². The molecule has 2 N–H and O–H groups in total.